The number of amides is 2. The molecule has 3 nitrogen and oxygen atoms in total. The smallest absolute Gasteiger partial charge is 0.317 e. The summed E-state index contributed by atoms with van der Waals surface area (Å²) < 4.78 is 0. The molecule has 0 atom stereocenters. The predicted octanol–water partition coefficient (Wildman–Crippen LogP) is 3.80. The molecule has 0 aromatic heterocycles. The van der Waals surface area contributed by atoms with E-state index in [0.717, 1.165) is 24.4 Å². The molecule has 0 heterocycles. The van der Waals surface area contributed by atoms with Crippen molar-refractivity contribution in [1.82, 2.24) is 10.2 Å². The quantitative estimate of drug-likeness (QED) is 0.870. The molecule has 1 aromatic rings. The third kappa shape index (κ3) is 4.87. The Hall–Kier alpha value is -1.51. The van der Waals surface area contributed by atoms with Gasteiger partial charge in [0.2, 0.25) is 0 Å². The third-order valence-corrected chi connectivity index (χ3v) is 4.16. The second-order valence-electron chi connectivity index (χ2n) is 5.87. The van der Waals surface area contributed by atoms with Gasteiger partial charge in [0, 0.05) is 20.1 Å². The van der Waals surface area contributed by atoms with Gasteiger partial charge in [0.1, 0.15) is 0 Å². The van der Waals surface area contributed by atoms with Crippen LogP contribution in [-0.4, -0.2) is 24.5 Å². The summed E-state index contributed by atoms with van der Waals surface area (Å²) in [5.74, 6) is 0.823. The van der Waals surface area contributed by atoms with Crippen LogP contribution in [0.15, 0.2) is 30.3 Å². The first kappa shape index (κ1) is 14.9. The van der Waals surface area contributed by atoms with Crippen molar-refractivity contribution in [2.24, 2.45) is 5.92 Å². The van der Waals surface area contributed by atoms with Gasteiger partial charge in [0.15, 0.2) is 0 Å². The average molecular weight is 274 g/mol. The Morgan fingerprint density at radius 1 is 1.20 bits per heavy atom. The van der Waals surface area contributed by atoms with Crippen molar-refractivity contribution in [3.8, 4) is 0 Å². The highest BCUT2D eigenvalue weighted by Gasteiger charge is 2.14. The lowest BCUT2D eigenvalue weighted by Crippen LogP contribution is -2.37. The number of nitrogens with one attached hydrogen (secondary N) is 1. The Bertz CT molecular complexity index is 399. The number of carbonyl (C=O) groups is 1. The van der Waals surface area contributed by atoms with Gasteiger partial charge in [-0.2, -0.15) is 0 Å². The molecule has 110 valence electrons. The summed E-state index contributed by atoms with van der Waals surface area (Å²) in [7, 11) is 1.85. The summed E-state index contributed by atoms with van der Waals surface area (Å²) >= 11 is 0. The van der Waals surface area contributed by atoms with Crippen LogP contribution in [0.4, 0.5) is 4.79 Å². The van der Waals surface area contributed by atoms with Crippen LogP contribution < -0.4 is 5.32 Å². The summed E-state index contributed by atoms with van der Waals surface area (Å²) in [4.78, 5) is 13.8. The van der Waals surface area contributed by atoms with Gasteiger partial charge in [-0.3, -0.25) is 0 Å². The molecule has 1 aromatic carbocycles. The Balaban J connectivity index is 1.66. The minimum atomic E-state index is 0.0321. The van der Waals surface area contributed by atoms with E-state index in [-0.39, 0.29) is 6.03 Å². The Labute approximate surface area is 122 Å². The molecule has 3 heteroatoms. The standard InChI is InChI=1S/C17H26N2O/c1-19(14-16-10-6-3-7-11-16)17(20)18-13-12-15-8-4-2-5-9-15/h3,6-7,10-11,15H,2,4-5,8-9,12-14H2,1H3,(H,18,20). The van der Waals surface area contributed by atoms with Crippen molar-refractivity contribution in [2.45, 2.75) is 45.1 Å². The molecule has 1 fully saturated rings. The molecule has 0 unspecified atom stereocenters. The van der Waals surface area contributed by atoms with Gasteiger partial charge < -0.3 is 10.2 Å². The Morgan fingerprint density at radius 3 is 2.60 bits per heavy atom. The van der Waals surface area contributed by atoms with Crippen LogP contribution in [0.5, 0.6) is 0 Å². The molecule has 0 bridgehead atoms. The van der Waals surface area contributed by atoms with Crippen LogP contribution in [0.1, 0.15) is 44.1 Å². The maximum absolute atomic E-state index is 12.0. The van der Waals surface area contributed by atoms with Crippen molar-refractivity contribution < 1.29 is 4.79 Å². The van der Waals surface area contributed by atoms with Crippen molar-refractivity contribution in [1.29, 1.82) is 0 Å². The molecule has 0 spiro atoms. The summed E-state index contributed by atoms with van der Waals surface area (Å²) in [6, 6.07) is 10.1. The first-order valence-corrected chi connectivity index (χ1v) is 7.78. The number of urea groups is 1. The first-order valence-electron chi connectivity index (χ1n) is 7.78. The lowest BCUT2D eigenvalue weighted by atomic mass is 9.87. The highest BCUT2D eigenvalue weighted by atomic mass is 16.2. The monoisotopic (exact) mass is 274 g/mol. The van der Waals surface area contributed by atoms with Crippen LogP contribution in [0.25, 0.3) is 0 Å². The van der Waals surface area contributed by atoms with Gasteiger partial charge in [-0.15, -0.1) is 0 Å². The van der Waals surface area contributed by atoms with E-state index in [0.29, 0.717) is 6.54 Å². The molecule has 2 rings (SSSR count). The van der Waals surface area contributed by atoms with Crippen LogP contribution >= 0.6 is 0 Å². The Morgan fingerprint density at radius 2 is 1.90 bits per heavy atom. The summed E-state index contributed by atoms with van der Waals surface area (Å²) in [5, 5.41) is 3.04. The largest absolute Gasteiger partial charge is 0.338 e. The van der Waals surface area contributed by atoms with Crippen LogP contribution in [0.2, 0.25) is 0 Å². The summed E-state index contributed by atoms with van der Waals surface area (Å²) in [5.41, 5.74) is 1.16. The van der Waals surface area contributed by atoms with E-state index in [1.165, 1.54) is 32.1 Å². The van der Waals surface area contributed by atoms with Crippen molar-refractivity contribution in [3.63, 3.8) is 0 Å². The van der Waals surface area contributed by atoms with Gasteiger partial charge in [0.25, 0.3) is 0 Å². The molecule has 0 radical (unpaired) electrons. The normalized spacial score (nSPS) is 15.8. The molecule has 1 N–H and O–H groups in total. The molecule has 0 saturated heterocycles. The maximum Gasteiger partial charge on any atom is 0.317 e. The topological polar surface area (TPSA) is 32.3 Å². The third-order valence-electron chi connectivity index (χ3n) is 4.16. The second kappa shape index (κ2) is 7.93. The SMILES string of the molecule is CN(Cc1ccccc1)C(=O)NCCC1CCCCC1. The zero-order valence-electron chi connectivity index (χ0n) is 12.5. The minimum Gasteiger partial charge on any atom is -0.338 e. The van der Waals surface area contributed by atoms with Crippen molar-refractivity contribution in [2.75, 3.05) is 13.6 Å². The molecule has 1 aliphatic carbocycles. The molecular weight excluding hydrogens is 248 g/mol. The lowest BCUT2D eigenvalue weighted by Gasteiger charge is -2.23. The number of benzene rings is 1. The molecule has 20 heavy (non-hydrogen) atoms. The van der Waals surface area contributed by atoms with E-state index in [1.807, 2.05) is 37.4 Å². The zero-order chi connectivity index (χ0) is 14.2. The molecule has 0 aliphatic heterocycles. The highest BCUT2D eigenvalue weighted by molar-refractivity contribution is 5.73. The van der Waals surface area contributed by atoms with E-state index < -0.39 is 0 Å². The van der Waals surface area contributed by atoms with E-state index in [2.05, 4.69) is 5.32 Å². The highest BCUT2D eigenvalue weighted by Crippen LogP contribution is 2.25. The lowest BCUT2D eigenvalue weighted by molar-refractivity contribution is 0.205. The van der Waals surface area contributed by atoms with E-state index in [9.17, 15) is 4.79 Å². The van der Waals surface area contributed by atoms with Crippen LogP contribution in [0, 0.1) is 5.92 Å². The van der Waals surface area contributed by atoms with E-state index in [4.69, 9.17) is 0 Å². The van der Waals surface area contributed by atoms with Crippen LogP contribution in [0.3, 0.4) is 0 Å². The fraction of sp³-hybridized carbons (Fsp3) is 0.588. The number of carbonyl (C=O) groups excluding carboxylic acids is 1. The average Bonchev–Trinajstić information content (AvgIpc) is 2.49. The summed E-state index contributed by atoms with van der Waals surface area (Å²) in [6.45, 7) is 1.47. The van der Waals surface area contributed by atoms with Crippen molar-refractivity contribution >= 4 is 6.03 Å². The number of hydrogen-bond donors (Lipinski definition) is 1. The van der Waals surface area contributed by atoms with E-state index in [1.54, 1.807) is 4.90 Å². The van der Waals surface area contributed by atoms with Gasteiger partial charge >= 0.3 is 6.03 Å². The van der Waals surface area contributed by atoms with Gasteiger partial charge in [-0.05, 0) is 17.9 Å². The Kier molecular flexibility index (Phi) is 5.90. The molecule has 1 aliphatic rings. The fourth-order valence-electron chi connectivity index (χ4n) is 2.92. The zero-order valence-corrected chi connectivity index (χ0v) is 12.5. The minimum absolute atomic E-state index is 0.0321. The maximum atomic E-state index is 12.0. The van der Waals surface area contributed by atoms with Gasteiger partial charge in [-0.25, -0.2) is 4.79 Å². The number of hydrogen-bond acceptors (Lipinski definition) is 1. The summed E-state index contributed by atoms with van der Waals surface area (Å²) in [6.07, 6.45) is 7.94. The van der Waals surface area contributed by atoms with Gasteiger partial charge in [0.05, 0.1) is 0 Å². The van der Waals surface area contributed by atoms with Gasteiger partial charge in [-0.1, -0.05) is 62.4 Å². The first-order chi connectivity index (χ1) is 9.75. The molecular formula is C17H26N2O. The number of rotatable bonds is 5. The predicted molar refractivity (Wildman–Crippen MR) is 82.5 cm³/mol. The van der Waals surface area contributed by atoms with E-state index >= 15 is 0 Å². The fourth-order valence-corrected chi connectivity index (χ4v) is 2.92. The molecule has 1 saturated carbocycles. The number of nitrogens with zero attached hydrogens (tertiary/aromatic N) is 1. The van der Waals surface area contributed by atoms with Crippen molar-refractivity contribution in [3.05, 3.63) is 35.9 Å². The second-order valence-corrected chi connectivity index (χ2v) is 5.87. The van der Waals surface area contributed by atoms with Crippen LogP contribution in [-0.2, 0) is 6.54 Å². The molecule has 2 amide bonds.